The molecule has 0 saturated carbocycles. The Labute approximate surface area is 156 Å². The summed E-state index contributed by atoms with van der Waals surface area (Å²) >= 11 is 0. The van der Waals surface area contributed by atoms with Crippen LogP contribution in [0.1, 0.15) is 53.5 Å². The van der Waals surface area contributed by atoms with E-state index >= 15 is 0 Å². The van der Waals surface area contributed by atoms with E-state index in [0.29, 0.717) is 5.41 Å². The minimum Gasteiger partial charge on any atom is -0.323 e. The van der Waals surface area contributed by atoms with E-state index in [4.69, 9.17) is 0 Å². The molecule has 1 aromatic carbocycles. The number of hydrogen-bond donors (Lipinski definition) is 0. The van der Waals surface area contributed by atoms with Crippen molar-refractivity contribution in [3.05, 3.63) is 41.8 Å². The molecule has 0 nitrogen and oxygen atoms in total. The van der Waals surface area contributed by atoms with Gasteiger partial charge in [-0.1, -0.05) is 33.6 Å². The van der Waals surface area contributed by atoms with E-state index in [2.05, 4.69) is 65.8 Å². The molecular formula is C16H26V3. The normalized spacial score (nSPS) is 9.21. The molecule has 19 heavy (non-hydrogen) atoms. The first-order chi connectivity index (χ1) is 7.31. The zero-order valence-corrected chi connectivity index (χ0v) is 17.3. The number of aryl methyl sites for hydroxylation is 1. The van der Waals surface area contributed by atoms with Crippen LogP contribution in [-0.2, 0) is 62.1 Å². The van der Waals surface area contributed by atoms with Crippen LogP contribution in [0.15, 0.2) is 24.3 Å². The third kappa shape index (κ3) is 24.4. The van der Waals surface area contributed by atoms with Gasteiger partial charge in [0.05, 0.1) is 0 Å². The van der Waals surface area contributed by atoms with Crippen molar-refractivity contribution in [2.24, 2.45) is 5.41 Å². The fraction of sp³-hybridized carbons (Fsp3) is 0.562. The van der Waals surface area contributed by atoms with Gasteiger partial charge in [-0.2, -0.15) is 56.7 Å². The second kappa shape index (κ2) is 15.4. The van der Waals surface area contributed by atoms with Crippen LogP contribution >= 0.6 is 0 Å². The van der Waals surface area contributed by atoms with Crippen LogP contribution in [0, 0.1) is 17.4 Å². The smallest absolute Gasteiger partial charge is 0.323 e. The average Bonchev–Trinajstić information content (AvgIpc) is 2.14. The monoisotopic (exact) mass is 371 g/mol. The third-order valence-electron chi connectivity index (χ3n) is 1.94. The predicted octanol–water partition coefficient (Wildman–Crippen LogP) is 5.08. The van der Waals surface area contributed by atoms with Crippen LogP contribution in [0.4, 0.5) is 0 Å². The first-order valence-corrected chi connectivity index (χ1v) is 6.03. The largest absolute Gasteiger partial charge is 2.00 e. The summed E-state index contributed by atoms with van der Waals surface area (Å²) in [5.41, 5.74) is 1.84. The van der Waals surface area contributed by atoms with Gasteiger partial charge in [-0.3, -0.25) is 0 Å². The van der Waals surface area contributed by atoms with E-state index < -0.39 is 0 Å². The maximum Gasteiger partial charge on any atom is 2.00 e. The van der Waals surface area contributed by atoms with E-state index in [1.807, 2.05) is 6.07 Å². The summed E-state index contributed by atoms with van der Waals surface area (Å²) in [4.78, 5) is 0. The molecule has 1 aromatic rings. The van der Waals surface area contributed by atoms with E-state index in [1.54, 1.807) is 0 Å². The molecule has 0 bridgehead atoms. The fourth-order valence-corrected chi connectivity index (χ4v) is 1.11. The van der Waals surface area contributed by atoms with Gasteiger partial charge in [0.15, 0.2) is 0 Å². The predicted molar refractivity (Wildman–Crippen MR) is 73.3 cm³/mol. The first kappa shape index (κ1) is 28.2. The summed E-state index contributed by atoms with van der Waals surface area (Å²) in [6, 6.07) is 11.3. The van der Waals surface area contributed by atoms with Gasteiger partial charge in [0, 0.05) is 37.1 Å². The second-order valence-electron chi connectivity index (χ2n) is 5.97. The van der Waals surface area contributed by atoms with Gasteiger partial charge >= 0.3 is 18.6 Å². The molecule has 3 radical (unpaired) electrons. The molecule has 0 spiro atoms. The molecule has 0 aliphatic heterocycles. The van der Waals surface area contributed by atoms with Gasteiger partial charge in [-0.05, 0) is 5.41 Å². The van der Waals surface area contributed by atoms with E-state index in [9.17, 15) is 0 Å². The zero-order valence-electron chi connectivity index (χ0n) is 13.1. The number of rotatable bonds is 2. The average molecular weight is 371 g/mol. The minimum atomic E-state index is 0. The SMILES string of the molecule is CC(C)(C)CCc1c[c-]ccc1.C[C-](C)C.[V+2].[V].[V]. The van der Waals surface area contributed by atoms with Crippen molar-refractivity contribution < 1.29 is 55.7 Å². The molecule has 0 saturated heterocycles. The Bertz CT molecular complexity index is 260. The van der Waals surface area contributed by atoms with Gasteiger partial charge in [0.2, 0.25) is 0 Å². The van der Waals surface area contributed by atoms with Crippen LogP contribution in [0.25, 0.3) is 0 Å². The van der Waals surface area contributed by atoms with Crippen molar-refractivity contribution in [3.8, 4) is 0 Å². The van der Waals surface area contributed by atoms with Crippen molar-refractivity contribution >= 4 is 0 Å². The summed E-state index contributed by atoms with van der Waals surface area (Å²) in [5.74, 6) is 1.42. The molecular weight excluding hydrogens is 345 g/mol. The van der Waals surface area contributed by atoms with Crippen molar-refractivity contribution in [3.63, 3.8) is 0 Å². The van der Waals surface area contributed by atoms with Gasteiger partial charge in [-0.15, -0.1) is 0 Å². The summed E-state index contributed by atoms with van der Waals surface area (Å²) in [6.07, 6.45) is 2.41. The molecule has 0 aliphatic rings. The molecule has 3 heteroatoms. The van der Waals surface area contributed by atoms with Gasteiger partial charge in [0.25, 0.3) is 0 Å². The van der Waals surface area contributed by atoms with E-state index in [1.165, 1.54) is 24.3 Å². The van der Waals surface area contributed by atoms with Crippen molar-refractivity contribution in [2.45, 2.75) is 54.4 Å². The Morgan fingerprint density at radius 1 is 1.11 bits per heavy atom. The summed E-state index contributed by atoms with van der Waals surface area (Å²) in [7, 11) is 0. The van der Waals surface area contributed by atoms with Crippen LogP contribution in [0.2, 0.25) is 0 Å². The van der Waals surface area contributed by atoms with Crippen LogP contribution in [0.5, 0.6) is 0 Å². The minimum absolute atomic E-state index is 0. The molecule has 0 aromatic heterocycles. The summed E-state index contributed by atoms with van der Waals surface area (Å²) in [5, 5.41) is 0. The summed E-state index contributed by atoms with van der Waals surface area (Å²) in [6.45, 7) is 13.1. The Kier molecular flexibility index (Phi) is 22.8. The zero-order chi connectivity index (χ0) is 12.6. The molecule has 0 amide bonds. The molecule has 105 valence electrons. The van der Waals surface area contributed by atoms with E-state index in [0.717, 1.165) is 0 Å². The number of benzene rings is 1. The first-order valence-electron chi connectivity index (χ1n) is 6.03. The van der Waals surface area contributed by atoms with Crippen molar-refractivity contribution in [1.29, 1.82) is 0 Å². The Morgan fingerprint density at radius 2 is 1.58 bits per heavy atom. The standard InChI is InChI=1S/C12H17.C4H9.3V/c1-12(2,3)10-9-11-7-5-4-6-8-11;1-4(2)3;;;/h4-5,7-8H,9-10H2,1-3H3;1-3H3;;;/q2*-1;;;+2. The topological polar surface area (TPSA) is 0 Å². The second-order valence-corrected chi connectivity index (χ2v) is 5.97. The molecule has 0 heterocycles. The summed E-state index contributed by atoms with van der Waals surface area (Å²) < 4.78 is 0. The van der Waals surface area contributed by atoms with E-state index in [-0.39, 0.29) is 55.7 Å². The Balaban J connectivity index is -0.000000144. The molecule has 0 N–H and O–H groups in total. The maximum absolute atomic E-state index is 3.10. The third-order valence-corrected chi connectivity index (χ3v) is 1.94. The number of hydrogen-bond acceptors (Lipinski definition) is 0. The van der Waals surface area contributed by atoms with Crippen LogP contribution < -0.4 is 0 Å². The molecule has 1 rings (SSSR count). The van der Waals surface area contributed by atoms with Gasteiger partial charge in [-0.25, -0.2) is 0 Å². The van der Waals surface area contributed by atoms with Crippen LogP contribution in [-0.4, -0.2) is 0 Å². The molecule has 0 atom stereocenters. The fourth-order valence-electron chi connectivity index (χ4n) is 1.11. The van der Waals surface area contributed by atoms with Crippen molar-refractivity contribution in [2.75, 3.05) is 0 Å². The molecule has 0 aliphatic carbocycles. The van der Waals surface area contributed by atoms with Gasteiger partial charge < -0.3 is 5.92 Å². The quantitative estimate of drug-likeness (QED) is 0.637. The van der Waals surface area contributed by atoms with Crippen LogP contribution in [0.3, 0.4) is 0 Å². The maximum atomic E-state index is 3.10. The molecule has 0 unspecified atom stereocenters. The Morgan fingerprint density at radius 3 is 1.89 bits per heavy atom. The molecule has 0 fully saturated rings. The van der Waals surface area contributed by atoms with Gasteiger partial charge in [0.1, 0.15) is 0 Å². The van der Waals surface area contributed by atoms with Crippen molar-refractivity contribution in [1.82, 2.24) is 0 Å². The Hall–Kier alpha value is 0.973.